The molecule has 29 heavy (non-hydrogen) atoms. The minimum atomic E-state index is -3.78. The van der Waals surface area contributed by atoms with Crippen LogP contribution in [0.15, 0.2) is 46.7 Å². The Balaban J connectivity index is 2.17. The summed E-state index contributed by atoms with van der Waals surface area (Å²) in [4.78, 5) is 5.69. The third-order valence-electron chi connectivity index (χ3n) is 4.42. The highest BCUT2D eigenvalue weighted by molar-refractivity contribution is 7.89. The average Bonchev–Trinajstić information content (AvgIpc) is 3.13. The zero-order chi connectivity index (χ0) is 21.0. The van der Waals surface area contributed by atoms with Crippen LogP contribution in [0.2, 0.25) is 0 Å². The first kappa shape index (κ1) is 21.0. The van der Waals surface area contributed by atoms with E-state index in [1.54, 1.807) is 29.5 Å². The van der Waals surface area contributed by atoms with Crippen molar-refractivity contribution >= 4 is 21.4 Å². The van der Waals surface area contributed by atoms with E-state index < -0.39 is 10.0 Å². The molecule has 0 fully saturated rings. The van der Waals surface area contributed by atoms with Gasteiger partial charge in [0.25, 0.3) is 0 Å². The fourth-order valence-electron chi connectivity index (χ4n) is 2.83. The molecule has 0 aliphatic rings. The maximum Gasteiger partial charge on any atom is 0.238 e. The van der Waals surface area contributed by atoms with Crippen molar-refractivity contribution in [3.63, 3.8) is 0 Å². The molecule has 0 amide bonds. The van der Waals surface area contributed by atoms with E-state index in [2.05, 4.69) is 18.0 Å². The van der Waals surface area contributed by atoms with Crippen LogP contribution in [-0.4, -0.2) is 20.0 Å². The van der Waals surface area contributed by atoms with Crippen LogP contribution < -0.4 is 9.88 Å². The predicted octanol–water partition coefficient (Wildman–Crippen LogP) is 4.48. The number of benzene rings is 1. The number of sulfonamides is 1. The highest BCUT2D eigenvalue weighted by atomic mass is 32.2. The minimum absolute atomic E-state index is 0.0306. The number of nitriles is 1. The van der Waals surface area contributed by atoms with Gasteiger partial charge >= 0.3 is 0 Å². The molecule has 0 unspecified atom stereocenters. The van der Waals surface area contributed by atoms with Gasteiger partial charge in [-0.3, -0.25) is 0 Å². The summed E-state index contributed by atoms with van der Waals surface area (Å²) in [5.41, 5.74) is 3.57. The van der Waals surface area contributed by atoms with Gasteiger partial charge in [-0.05, 0) is 54.1 Å². The van der Waals surface area contributed by atoms with Gasteiger partial charge in [-0.15, -0.1) is 11.3 Å². The van der Waals surface area contributed by atoms with Crippen LogP contribution in [-0.2, 0) is 10.0 Å². The lowest BCUT2D eigenvalue weighted by Crippen LogP contribution is -2.11. The summed E-state index contributed by atoms with van der Waals surface area (Å²) in [7, 11) is -3.78. The first-order valence-corrected chi connectivity index (χ1v) is 11.5. The van der Waals surface area contributed by atoms with Crippen molar-refractivity contribution in [2.45, 2.75) is 31.6 Å². The number of aryl methyl sites for hydroxylation is 1. The highest BCUT2D eigenvalue weighted by Gasteiger charge is 2.19. The van der Waals surface area contributed by atoms with Gasteiger partial charge in [-0.2, -0.15) is 5.26 Å². The standard InChI is InChI=1S/C21H21N3O3S2/c1-3-4-10-27-21-16(13-22)12-18(19(24-21)20-14(2)9-11-28-20)15-5-7-17(8-6-15)29(23,25)26/h5-9,11-12H,3-4,10H2,1-2H3,(H2,23,25,26). The second-order valence-electron chi connectivity index (χ2n) is 6.55. The summed E-state index contributed by atoms with van der Waals surface area (Å²) in [6.07, 6.45) is 1.85. The molecular weight excluding hydrogens is 406 g/mol. The van der Waals surface area contributed by atoms with Crippen molar-refractivity contribution in [3.05, 3.63) is 52.9 Å². The van der Waals surface area contributed by atoms with Gasteiger partial charge in [0.15, 0.2) is 0 Å². The van der Waals surface area contributed by atoms with Gasteiger partial charge in [0.1, 0.15) is 11.6 Å². The number of hydrogen-bond acceptors (Lipinski definition) is 6. The minimum Gasteiger partial charge on any atom is -0.477 e. The van der Waals surface area contributed by atoms with E-state index in [-0.39, 0.29) is 4.90 Å². The third-order valence-corrected chi connectivity index (χ3v) is 6.37. The van der Waals surface area contributed by atoms with Crippen molar-refractivity contribution in [1.82, 2.24) is 4.98 Å². The van der Waals surface area contributed by atoms with E-state index in [1.165, 1.54) is 12.1 Å². The van der Waals surface area contributed by atoms with Crippen LogP contribution in [0.5, 0.6) is 5.88 Å². The van der Waals surface area contributed by atoms with Crippen molar-refractivity contribution in [3.8, 4) is 33.6 Å². The zero-order valence-corrected chi connectivity index (χ0v) is 17.8. The Hall–Kier alpha value is -2.73. The largest absolute Gasteiger partial charge is 0.477 e. The maximum absolute atomic E-state index is 11.6. The molecule has 2 heterocycles. The summed E-state index contributed by atoms with van der Waals surface area (Å²) < 4.78 is 28.9. The lowest BCUT2D eigenvalue weighted by atomic mass is 10.00. The van der Waals surface area contributed by atoms with Crippen LogP contribution in [0.4, 0.5) is 0 Å². The Morgan fingerprint density at radius 2 is 1.97 bits per heavy atom. The number of primary sulfonamides is 1. The molecule has 3 aromatic rings. The Kier molecular flexibility index (Phi) is 6.33. The van der Waals surface area contributed by atoms with E-state index in [1.807, 2.05) is 18.4 Å². The Morgan fingerprint density at radius 1 is 1.24 bits per heavy atom. The monoisotopic (exact) mass is 427 g/mol. The molecule has 6 nitrogen and oxygen atoms in total. The number of ether oxygens (including phenoxy) is 1. The van der Waals surface area contributed by atoms with E-state index in [9.17, 15) is 13.7 Å². The molecule has 0 atom stereocenters. The number of aromatic nitrogens is 1. The van der Waals surface area contributed by atoms with E-state index in [0.717, 1.165) is 34.4 Å². The van der Waals surface area contributed by atoms with Crippen molar-refractivity contribution < 1.29 is 13.2 Å². The molecule has 0 aliphatic carbocycles. The fourth-order valence-corrected chi connectivity index (χ4v) is 4.28. The number of thiophene rings is 1. The molecule has 0 radical (unpaired) electrons. The summed E-state index contributed by atoms with van der Waals surface area (Å²) in [6, 6.07) is 12.1. The first-order valence-electron chi connectivity index (χ1n) is 9.10. The number of rotatable bonds is 7. The lowest BCUT2D eigenvalue weighted by Gasteiger charge is -2.14. The smallest absolute Gasteiger partial charge is 0.238 e. The summed E-state index contributed by atoms with van der Waals surface area (Å²) >= 11 is 1.55. The molecule has 1 aromatic carbocycles. The lowest BCUT2D eigenvalue weighted by molar-refractivity contribution is 0.297. The van der Waals surface area contributed by atoms with Crippen molar-refractivity contribution in [1.29, 1.82) is 5.26 Å². The Bertz CT molecular complexity index is 1160. The van der Waals surface area contributed by atoms with Crippen molar-refractivity contribution in [2.75, 3.05) is 6.61 Å². The SMILES string of the molecule is CCCCOc1nc(-c2sccc2C)c(-c2ccc(S(N)(=O)=O)cc2)cc1C#N. The normalized spacial score (nSPS) is 11.2. The predicted molar refractivity (Wildman–Crippen MR) is 114 cm³/mol. The van der Waals surface area contributed by atoms with Crippen LogP contribution in [0.25, 0.3) is 21.7 Å². The zero-order valence-electron chi connectivity index (χ0n) is 16.2. The number of pyridine rings is 1. The van der Waals surface area contributed by atoms with Crippen LogP contribution >= 0.6 is 11.3 Å². The van der Waals surface area contributed by atoms with Crippen LogP contribution in [0.3, 0.4) is 0 Å². The maximum atomic E-state index is 11.6. The summed E-state index contributed by atoms with van der Waals surface area (Å²) in [6.45, 7) is 4.55. The third kappa shape index (κ3) is 4.65. The molecule has 8 heteroatoms. The highest BCUT2D eigenvalue weighted by Crippen LogP contribution is 2.38. The summed E-state index contributed by atoms with van der Waals surface area (Å²) in [5.74, 6) is 0.314. The van der Waals surface area contributed by atoms with E-state index in [4.69, 9.17) is 9.88 Å². The number of nitrogens with two attached hydrogens (primary N) is 1. The molecule has 0 bridgehead atoms. The second-order valence-corrected chi connectivity index (χ2v) is 9.03. The summed E-state index contributed by atoms with van der Waals surface area (Å²) in [5, 5.41) is 16.8. The first-order chi connectivity index (χ1) is 13.8. The van der Waals surface area contributed by atoms with Gasteiger partial charge < -0.3 is 4.74 Å². The molecule has 2 N–H and O–H groups in total. The van der Waals surface area contributed by atoms with Crippen LogP contribution in [0, 0.1) is 18.3 Å². The molecular formula is C21H21N3O3S2. The molecule has 0 aliphatic heterocycles. The van der Waals surface area contributed by atoms with Crippen LogP contribution in [0.1, 0.15) is 30.9 Å². The van der Waals surface area contributed by atoms with Gasteiger partial charge in [-0.1, -0.05) is 25.5 Å². The average molecular weight is 428 g/mol. The van der Waals surface area contributed by atoms with Gasteiger partial charge in [0.05, 0.1) is 22.1 Å². The Labute approximate surface area is 174 Å². The van der Waals surface area contributed by atoms with Gasteiger partial charge in [-0.25, -0.2) is 18.5 Å². The number of unbranched alkanes of at least 4 members (excludes halogenated alkanes) is 1. The molecule has 2 aromatic heterocycles. The van der Waals surface area contributed by atoms with Gasteiger partial charge in [0.2, 0.25) is 15.9 Å². The molecule has 3 rings (SSSR count). The van der Waals surface area contributed by atoms with Crippen molar-refractivity contribution in [2.24, 2.45) is 5.14 Å². The van der Waals surface area contributed by atoms with E-state index >= 15 is 0 Å². The number of hydrogen-bond donors (Lipinski definition) is 1. The number of nitrogens with zero attached hydrogens (tertiary/aromatic N) is 2. The Morgan fingerprint density at radius 3 is 2.52 bits per heavy atom. The molecule has 150 valence electrons. The molecule has 0 saturated carbocycles. The molecule has 0 spiro atoms. The second kappa shape index (κ2) is 8.74. The van der Waals surface area contributed by atoms with E-state index in [0.29, 0.717) is 23.7 Å². The topological polar surface area (TPSA) is 106 Å². The molecule has 0 saturated heterocycles. The van der Waals surface area contributed by atoms with Gasteiger partial charge in [0, 0.05) is 5.56 Å². The fraction of sp³-hybridized carbons (Fsp3) is 0.238. The quantitative estimate of drug-likeness (QED) is 0.559.